The molecule has 0 bridgehead atoms. The Balaban J connectivity index is 1.74. The lowest BCUT2D eigenvalue weighted by atomic mass is 10.0. The zero-order chi connectivity index (χ0) is 10.7. The van der Waals surface area contributed by atoms with Gasteiger partial charge in [0.1, 0.15) is 0 Å². The smallest absolute Gasteiger partial charge is 0.243 e. The molecule has 4 heteroatoms. The van der Waals surface area contributed by atoms with Crippen LogP contribution in [-0.2, 0) is 9.59 Å². The maximum Gasteiger partial charge on any atom is 0.243 e. The van der Waals surface area contributed by atoms with E-state index in [2.05, 4.69) is 10.6 Å². The number of imide groups is 1. The summed E-state index contributed by atoms with van der Waals surface area (Å²) in [6.45, 7) is 0.923. The molecule has 1 aliphatic carbocycles. The molecule has 4 nitrogen and oxygen atoms in total. The number of nitrogens with one attached hydrogen (secondary N) is 2. The quantitative estimate of drug-likeness (QED) is 0.670. The molecule has 1 saturated heterocycles. The molecule has 84 valence electrons. The van der Waals surface area contributed by atoms with Crippen LogP contribution in [-0.4, -0.2) is 24.4 Å². The number of amides is 2. The third-order valence-corrected chi connectivity index (χ3v) is 3.37. The summed E-state index contributed by atoms with van der Waals surface area (Å²) in [5, 5.41) is 5.63. The van der Waals surface area contributed by atoms with Gasteiger partial charge in [0.05, 0.1) is 6.04 Å². The maximum absolute atomic E-state index is 11.4. The van der Waals surface area contributed by atoms with Gasteiger partial charge in [-0.2, -0.15) is 0 Å². The second kappa shape index (κ2) is 4.75. The van der Waals surface area contributed by atoms with E-state index in [1.165, 1.54) is 25.7 Å². The zero-order valence-corrected chi connectivity index (χ0v) is 8.92. The number of carbonyl (C=O) groups excluding carboxylic acids is 2. The average molecular weight is 210 g/mol. The molecule has 1 aliphatic heterocycles. The first kappa shape index (κ1) is 10.6. The van der Waals surface area contributed by atoms with Crippen LogP contribution in [0.1, 0.15) is 38.5 Å². The molecule has 0 aromatic heterocycles. The Kier molecular flexibility index (Phi) is 3.36. The minimum absolute atomic E-state index is 0.140. The second-order valence-corrected chi connectivity index (χ2v) is 4.56. The van der Waals surface area contributed by atoms with E-state index in [-0.39, 0.29) is 17.9 Å². The second-order valence-electron chi connectivity index (χ2n) is 4.56. The van der Waals surface area contributed by atoms with Crippen molar-refractivity contribution < 1.29 is 9.59 Å². The highest BCUT2D eigenvalue weighted by Crippen LogP contribution is 2.24. The standard InChI is InChI=1S/C11H18N2O2/c14-10-6-5-9(11(15)13-10)12-7-8-3-1-2-4-8/h8-9,12H,1-7H2,(H,13,14,15). The van der Waals surface area contributed by atoms with Crippen LogP contribution in [0.3, 0.4) is 0 Å². The topological polar surface area (TPSA) is 58.2 Å². The van der Waals surface area contributed by atoms with Crippen LogP contribution in [0.25, 0.3) is 0 Å². The highest BCUT2D eigenvalue weighted by Gasteiger charge is 2.27. The SMILES string of the molecule is O=C1CCC(NCC2CCCC2)C(=O)N1. The first-order chi connectivity index (χ1) is 7.25. The lowest BCUT2D eigenvalue weighted by Gasteiger charge is -2.23. The molecule has 0 spiro atoms. The summed E-state index contributed by atoms with van der Waals surface area (Å²) in [5.41, 5.74) is 0. The molecule has 1 saturated carbocycles. The molecule has 1 atom stereocenters. The molecule has 2 rings (SSSR count). The van der Waals surface area contributed by atoms with E-state index < -0.39 is 0 Å². The van der Waals surface area contributed by atoms with E-state index in [0.29, 0.717) is 12.8 Å². The van der Waals surface area contributed by atoms with Crippen LogP contribution in [0.15, 0.2) is 0 Å². The molecular formula is C11H18N2O2. The molecule has 0 radical (unpaired) electrons. The normalized spacial score (nSPS) is 28.1. The highest BCUT2D eigenvalue weighted by atomic mass is 16.2. The maximum atomic E-state index is 11.4. The molecule has 2 fully saturated rings. The Bertz CT molecular complexity index is 259. The van der Waals surface area contributed by atoms with Gasteiger partial charge in [-0.25, -0.2) is 0 Å². The van der Waals surface area contributed by atoms with E-state index in [4.69, 9.17) is 0 Å². The summed E-state index contributed by atoms with van der Waals surface area (Å²) < 4.78 is 0. The zero-order valence-electron chi connectivity index (χ0n) is 8.92. The molecule has 0 aromatic carbocycles. The van der Waals surface area contributed by atoms with Crippen molar-refractivity contribution in [3.63, 3.8) is 0 Å². The van der Waals surface area contributed by atoms with Gasteiger partial charge in [-0.1, -0.05) is 12.8 Å². The van der Waals surface area contributed by atoms with Crippen molar-refractivity contribution in [3.8, 4) is 0 Å². The summed E-state index contributed by atoms with van der Waals surface area (Å²) in [4.78, 5) is 22.3. The molecular weight excluding hydrogens is 192 g/mol. The van der Waals surface area contributed by atoms with Crippen molar-refractivity contribution in [2.45, 2.75) is 44.6 Å². The lowest BCUT2D eigenvalue weighted by molar-refractivity contribution is -0.134. The Labute approximate surface area is 89.8 Å². The number of hydrogen-bond acceptors (Lipinski definition) is 3. The molecule has 2 amide bonds. The van der Waals surface area contributed by atoms with Gasteiger partial charge in [0.25, 0.3) is 0 Å². The average Bonchev–Trinajstić information content (AvgIpc) is 2.69. The third kappa shape index (κ3) is 2.78. The summed E-state index contributed by atoms with van der Waals surface area (Å²) >= 11 is 0. The fraction of sp³-hybridized carbons (Fsp3) is 0.818. The first-order valence-corrected chi connectivity index (χ1v) is 5.83. The summed E-state index contributed by atoms with van der Waals surface area (Å²) in [6.07, 6.45) is 6.31. The number of piperidine rings is 1. The van der Waals surface area contributed by atoms with Gasteiger partial charge >= 0.3 is 0 Å². The van der Waals surface area contributed by atoms with Crippen LogP contribution in [0, 0.1) is 5.92 Å². The molecule has 2 aliphatic rings. The summed E-state index contributed by atoms with van der Waals surface area (Å²) in [7, 11) is 0. The van der Waals surface area contributed by atoms with Crippen molar-refractivity contribution in [2.75, 3.05) is 6.54 Å². The van der Waals surface area contributed by atoms with Crippen molar-refractivity contribution >= 4 is 11.8 Å². The highest BCUT2D eigenvalue weighted by molar-refractivity contribution is 6.00. The predicted molar refractivity (Wildman–Crippen MR) is 56.1 cm³/mol. The van der Waals surface area contributed by atoms with Crippen molar-refractivity contribution in [1.82, 2.24) is 10.6 Å². The Morgan fingerprint density at radius 3 is 2.60 bits per heavy atom. The number of rotatable bonds is 3. The first-order valence-electron chi connectivity index (χ1n) is 5.83. The predicted octanol–water partition coefficient (Wildman–Crippen LogP) is 0.571. The summed E-state index contributed by atoms with van der Waals surface area (Å²) in [5.74, 6) is 0.443. The molecule has 15 heavy (non-hydrogen) atoms. The van der Waals surface area contributed by atoms with Gasteiger partial charge in [0.2, 0.25) is 11.8 Å². The van der Waals surface area contributed by atoms with Gasteiger partial charge in [-0.3, -0.25) is 14.9 Å². The minimum atomic E-state index is -0.150. The fourth-order valence-electron chi connectivity index (χ4n) is 2.41. The molecule has 2 N–H and O–H groups in total. The van der Waals surface area contributed by atoms with Crippen LogP contribution >= 0.6 is 0 Å². The van der Waals surface area contributed by atoms with Crippen LogP contribution < -0.4 is 10.6 Å². The van der Waals surface area contributed by atoms with Gasteiger partial charge in [0.15, 0.2) is 0 Å². The lowest BCUT2D eigenvalue weighted by Crippen LogP contribution is -2.51. The van der Waals surface area contributed by atoms with Crippen LogP contribution in [0.4, 0.5) is 0 Å². The minimum Gasteiger partial charge on any atom is -0.306 e. The van der Waals surface area contributed by atoms with Crippen LogP contribution in [0.5, 0.6) is 0 Å². The van der Waals surface area contributed by atoms with Crippen LogP contribution in [0.2, 0.25) is 0 Å². The summed E-state index contributed by atoms with van der Waals surface area (Å²) in [6, 6.07) is -0.150. The molecule has 1 unspecified atom stereocenters. The van der Waals surface area contributed by atoms with Gasteiger partial charge in [-0.05, 0) is 31.7 Å². The van der Waals surface area contributed by atoms with Crippen molar-refractivity contribution in [1.29, 1.82) is 0 Å². The Morgan fingerprint density at radius 1 is 1.20 bits per heavy atom. The fourth-order valence-corrected chi connectivity index (χ4v) is 2.41. The largest absolute Gasteiger partial charge is 0.306 e. The van der Waals surface area contributed by atoms with Crippen molar-refractivity contribution in [2.24, 2.45) is 5.92 Å². The van der Waals surface area contributed by atoms with E-state index in [9.17, 15) is 9.59 Å². The molecule has 0 aromatic rings. The molecule has 1 heterocycles. The van der Waals surface area contributed by atoms with Gasteiger partial charge in [0, 0.05) is 6.42 Å². The number of hydrogen-bond donors (Lipinski definition) is 2. The van der Waals surface area contributed by atoms with Gasteiger partial charge in [-0.15, -0.1) is 0 Å². The van der Waals surface area contributed by atoms with E-state index in [1.54, 1.807) is 0 Å². The third-order valence-electron chi connectivity index (χ3n) is 3.37. The Morgan fingerprint density at radius 2 is 1.93 bits per heavy atom. The van der Waals surface area contributed by atoms with Crippen molar-refractivity contribution in [3.05, 3.63) is 0 Å². The van der Waals surface area contributed by atoms with E-state index >= 15 is 0 Å². The Hall–Kier alpha value is -0.900. The van der Waals surface area contributed by atoms with E-state index in [1.807, 2.05) is 0 Å². The number of carbonyl (C=O) groups is 2. The van der Waals surface area contributed by atoms with E-state index in [0.717, 1.165) is 12.5 Å². The monoisotopic (exact) mass is 210 g/mol. The van der Waals surface area contributed by atoms with Gasteiger partial charge < -0.3 is 5.32 Å².